The lowest BCUT2D eigenvalue weighted by Gasteiger charge is -2.42. The molecule has 1 aliphatic rings. The van der Waals surface area contributed by atoms with Gasteiger partial charge in [-0.1, -0.05) is 24.3 Å². The molecular weight excluding hydrogens is 474 g/mol. The molecule has 1 unspecified atom stereocenters. The Bertz CT molecular complexity index is 1190. The summed E-state index contributed by atoms with van der Waals surface area (Å²) in [6, 6.07) is 8.41. The van der Waals surface area contributed by atoms with Crippen LogP contribution in [0.3, 0.4) is 0 Å². The summed E-state index contributed by atoms with van der Waals surface area (Å²) in [5.41, 5.74) is 4.55. The van der Waals surface area contributed by atoms with Crippen LogP contribution in [0.4, 0.5) is 5.82 Å². The Morgan fingerprint density at radius 2 is 1.85 bits per heavy atom. The van der Waals surface area contributed by atoms with E-state index in [1.807, 2.05) is 36.3 Å². The molecule has 0 bridgehead atoms. The Balaban J connectivity index is 0.00000324. The van der Waals surface area contributed by atoms with Gasteiger partial charge in [0, 0.05) is 70.5 Å². The Morgan fingerprint density at radius 3 is 2.44 bits per heavy atom. The highest BCUT2D eigenvalue weighted by molar-refractivity contribution is 7.88. The van der Waals surface area contributed by atoms with E-state index in [1.54, 1.807) is 19.4 Å². The first-order chi connectivity index (χ1) is 15.7. The number of hydrogen-bond donors (Lipinski definition) is 0. The van der Waals surface area contributed by atoms with Crippen molar-refractivity contribution in [1.29, 1.82) is 0 Å². The van der Waals surface area contributed by atoms with Gasteiger partial charge in [-0.15, -0.1) is 12.4 Å². The lowest BCUT2D eigenvalue weighted by Crippen LogP contribution is -2.48. The van der Waals surface area contributed by atoms with Crippen LogP contribution < -0.4 is 4.90 Å². The average molecular weight is 506 g/mol. The number of rotatable bonds is 7. The summed E-state index contributed by atoms with van der Waals surface area (Å²) in [5, 5.41) is 4.41. The van der Waals surface area contributed by atoms with E-state index in [0.29, 0.717) is 6.54 Å². The number of anilines is 1. The highest BCUT2D eigenvalue weighted by Crippen LogP contribution is 2.30. The van der Waals surface area contributed by atoms with Crippen molar-refractivity contribution >= 4 is 28.2 Å². The molecule has 1 saturated heterocycles. The molecule has 4 rings (SSSR count). The number of nitrogens with zero attached hydrogens (tertiary/aromatic N) is 7. The minimum absolute atomic E-state index is 0. The van der Waals surface area contributed by atoms with Crippen LogP contribution in [-0.4, -0.2) is 70.3 Å². The van der Waals surface area contributed by atoms with E-state index in [9.17, 15) is 8.42 Å². The Labute approximate surface area is 207 Å². The van der Waals surface area contributed by atoms with Gasteiger partial charge in [-0.05, 0) is 18.1 Å². The van der Waals surface area contributed by atoms with Crippen LogP contribution in [0.25, 0.3) is 0 Å². The van der Waals surface area contributed by atoms with Crippen molar-refractivity contribution < 1.29 is 8.42 Å². The van der Waals surface area contributed by atoms with Crippen LogP contribution in [-0.2, 0) is 30.2 Å². The number of aryl methyl sites for hydroxylation is 1. The standard InChI is InChI=1S/C23H31N7O2S.ClH/c1-18-21(13-26-28(18)3)16-29-11-12-30(23-14-24-9-10-25-23)17-22(29)20-7-5-19(6-8-20)15-27(2)33(4,31)32;/h5-10,13-14,22H,11-12,15-17H2,1-4H3;1H. The van der Waals surface area contributed by atoms with Gasteiger partial charge in [-0.2, -0.15) is 5.10 Å². The summed E-state index contributed by atoms with van der Waals surface area (Å²) in [7, 11) is 0.348. The largest absolute Gasteiger partial charge is 0.352 e. The molecule has 34 heavy (non-hydrogen) atoms. The molecular formula is C23H32ClN7O2S. The van der Waals surface area contributed by atoms with E-state index < -0.39 is 10.0 Å². The van der Waals surface area contributed by atoms with Gasteiger partial charge in [-0.25, -0.2) is 17.7 Å². The topological polar surface area (TPSA) is 87.5 Å². The number of hydrogen-bond acceptors (Lipinski definition) is 7. The second kappa shape index (κ2) is 10.8. The molecule has 2 aromatic heterocycles. The Hall–Kier alpha value is -2.53. The van der Waals surface area contributed by atoms with E-state index in [-0.39, 0.29) is 18.4 Å². The number of piperazine rings is 1. The molecule has 3 heterocycles. The van der Waals surface area contributed by atoms with Crippen LogP contribution in [0, 0.1) is 6.92 Å². The van der Waals surface area contributed by atoms with Crippen molar-refractivity contribution in [3.63, 3.8) is 0 Å². The van der Waals surface area contributed by atoms with Crippen LogP contribution in [0.5, 0.6) is 0 Å². The molecule has 9 nitrogen and oxygen atoms in total. The number of halogens is 1. The first-order valence-corrected chi connectivity index (χ1v) is 12.8. The van der Waals surface area contributed by atoms with E-state index >= 15 is 0 Å². The Kier molecular flexibility index (Phi) is 8.29. The smallest absolute Gasteiger partial charge is 0.211 e. The minimum Gasteiger partial charge on any atom is -0.352 e. The van der Waals surface area contributed by atoms with Crippen LogP contribution >= 0.6 is 12.4 Å². The molecule has 0 amide bonds. The highest BCUT2D eigenvalue weighted by atomic mass is 35.5. The second-order valence-corrected chi connectivity index (χ2v) is 10.7. The maximum Gasteiger partial charge on any atom is 0.211 e. The monoisotopic (exact) mass is 505 g/mol. The lowest BCUT2D eigenvalue weighted by molar-refractivity contribution is 0.168. The predicted molar refractivity (Wildman–Crippen MR) is 135 cm³/mol. The quantitative estimate of drug-likeness (QED) is 0.487. The number of sulfonamides is 1. The molecule has 3 aromatic rings. The third kappa shape index (κ3) is 5.93. The maximum atomic E-state index is 11.8. The third-order valence-corrected chi connectivity index (χ3v) is 7.67. The minimum atomic E-state index is -3.22. The van der Waals surface area contributed by atoms with Crippen molar-refractivity contribution in [2.24, 2.45) is 7.05 Å². The molecule has 1 aliphatic heterocycles. The summed E-state index contributed by atoms with van der Waals surface area (Å²) >= 11 is 0. The van der Waals surface area contributed by atoms with Crippen molar-refractivity contribution in [3.8, 4) is 0 Å². The first-order valence-electron chi connectivity index (χ1n) is 10.9. The zero-order valence-corrected chi connectivity index (χ0v) is 21.6. The summed E-state index contributed by atoms with van der Waals surface area (Å²) in [4.78, 5) is 13.5. The predicted octanol–water partition coefficient (Wildman–Crippen LogP) is 2.40. The summed E-state index contributed by atoms with van der Waals surface area (Å²) in [5.74, 6) is 0.881. The van der Waals surface area contributed by atoms with Gasteiger partial charge in [0.1, 0.15) is 5.82 Å². The molecule has 0 aliphatic carbocycles. The highest BCUT2D eigenvalue weighted by Gasteiger charge is 2.30. The zero-order chi connectivity index (χ0) is 23.6. The Morgan fingerprint density at radius 1 is 1.12 bits per heavy atom. The zero-order valence-electron chi connectivity index (χ0n) is 20.0. The molecule has 1 aromatic carbocycles. The van der Waals surface area contributed by atoms with Crippen molar-refractivity contribution in [2.45, 2.75) is 26.1 Å². The number of aromatic nitrogens is 4. The fraction of sp³-hybridized carbons (Fsp3) is 0.435. The summed E-state index contributed by atoms with van der Waals surface area (Å²) in [6.45, 7) is 5.81. The summed E-state index contributed by atoms with van der Waals surface area (Å²) in [6.07, 6.45) is 8.40. The third-order valence-electron chi connectivity index (χ3n) is 6.41. The molecule has 1 atom stereocenters. The molecule has 1 fully saturated rings. The van der Waals surface area contributed by atoms with Gasteiger partial charge < -0.3 is 4.90 Å². The molecule has 184 valence electrons. The van der Waals surface area contributed by atoms with E-state index in [0.717, 1.165) is 37.6 Å². The van der Waals surface area contributed by atoms with E-state index in [2.05, 4.69) is 43.9 Å². The first kappa shape index (κ1) is 26.1. The molecule has 0 saturated carbocycles. The lowest BCUT2D eigenvalue weighted by atomic mass is 10.00. The van der Waals surface area contributed by atoms with Gasteiger partial charge in [0.2, 0.25) is 10.0 Å². The van der Waals surface area contributed by atoms with Gasteiger partial charge >= 0.3 is 0 Å². The van der Waals surface area contributed by atoms with Crippen LogP contribution in [0.15, 0.2) is 49.1 Å². The number of benzene rings is 1. The van der Waals surface area contributed by atoms with E-state index in [4.69, 9.17) is 0 Å². The SMILES string of the molecule is Cc1c(CN2CCN(c3cnccn3)CC2c2ccc(CN(C)S(C)(=O)=O)cc2)cnn1C.Cl. The van der Waals surface area contributed by atoms with Crippen LogP contribution in [0.1, 0.15) is 28.4 Å². The van der Waals surface area contributed by atoms with Crippen LogP contribution in [0.2, 0.25) is 0 Å². The molecule has 0 N–H and O–H groups in total. The van der Waals surface area contributed by atoms with Crippen molar-refractivity contribution in [1.82, 2.24) is 29.0 Å². The molecule has 0 radical (unpaired) electrons. The average Bonchev–Trinajstić information content (AvgIpc) is 3.12. The fourth-order valence-corrected chi connectivity index (χ4v) is 4.51. The molecule has 0 spiro atoms. The van der Waals surface area contributed by atoms with Crippen molar-refractivity contribution in [2.75, 3.05) is 37.8 Å². The molecule has 11 heteroatoms. The second-order valence-electron chi connectivity index (χ2n) is 8.64. The van der Waals surface area contributed by atoms with Gasteiger partial charge in [0.25, 0.3) is 0 Å². The summed E-state index contributed by atoms with van der Waals surface area (Å²) < 4.78 is 26.8. The maximum absolute atomic E-state index is 11.8. The van der Waals surface area contributed by atoms with Gasteiger partial charge in [0.05, 0.1) is 24.7 Å². The van der Waals surface area contributed by atoms with Gasteiger partial charge in [0.15, 0.2) is 0 Å². The van der Waals surface area contributed by atoms with E-state index in [1.165, 1.54) is 27.4 Å². The van der Waals surface area contributed by atoms with Crippen molar-refractivity contribution in [3.05, 3.63) is 71.4 Å². The fourth-order valence-electron chi connectivity index (χ4n) is 4.13. The van der Waals surface area contributed by atoms with Gasteiger partial charge in [-0.3, -0.25) is 14.6 Å². The normalized spacial score (nSPS) is 17.1.